The maximum absolute atomic E-state index is 13.2. The van der Waals surface area contributed by atoms with Crippen molar-refractivity contribution in [2.75, 3.05) is 18.4 Å². The van der Waals surface area contributed by atoms with Crippen LogP contribution in [0, 0.1) is 5.82 Å². The van der Waals surface area contributed by atoms with Gasteiger partial charge in [-0.2, -0.15) is 0 Å². The van der Waals surface area contributed by atoms with Gasteiger partial charge in [0.05, 0.1) is 18.4 Å². The second-order valence-corrected chi connectivity index (χ2v) is 9.38. The zero-order valence-electron chi connectivity index (χ0n) is 20.4. The molecule has 1 aromatic heterocycles. The maximum atomic E-state index is 13.2. The van der Waals surface area contributed by atoms with E-state index >= 15 is 0 Å². The molecule has 0 spiro atoms. The number of nitrogens with one attached hydrogen (secondary N) is 1. The van der Waals surface area contributed by atoms with Crippen LogP contribution in [-0.2, 0) is 6.54 Å². The Morgan fingerprint density at radius 1 is 1.00 bits per heavy atom. The molecule has 0 unspecified atom stereocenters. The number of likely N-dealkylation sites (tertiary alicyclic amines) is 1. The fourth-order valence-corrected chi connectivity index (χ4v) is 4.16. The first-order chi connectivity index (χ1) is 16.3. The number of benzene rings is 2. The standard InChI is InChI=1S/C27H34FN3O3/c1-18(2)32-24-13-20(14-25(15-24)33-19(3)4)17-31-11-9-23(10-12-31)30-27-29-16-26(34-27)21-5-7-22(28)8-6-21/h5-8,13-16,18-19,23H,9-12,17H2,1-4H3,(H,29,30). The van der Waals surface area contributed by atoms with Crippen molar-refractivity contribution >= 4 is 6.01 Å². The summed E-state index contributed by atoms with van der Waals surface area (Å²) in [7, 11) is 0. The van der Waals surface area contributed by atoms with Crippen LogP contribution in [0.25, 0.3) is 11.3 Å². The molecule has 6 nitrogen and oxygen atoms in total. The molecule has 2 heterocycles. The number of anilines is 1. The van der Waals surface area contributed by atoms with Gasteiger partial charge in [0.25, 0.3) is 6.01 Å². The number of piperidine rings is 1. The van der Waals surface area contributed by atoms with Crippen molar-refractivity contribution in [1.29, 1.82) is 0 Å². The second kappa shape index (κ2) is 10.9. The van der Waals surface area contributed by atoms with Gasteiger partial charge in [0.2, 0.25) is 0 Å². The zero-order valence-corrected chi connectivity index (χ0v) is 20.4. The summed E-state index contributed by atoms with van der Waals surface area (Å²) < 4.78 is 30.9. The minimum atomic E-state index is -0.267. The van der Waals surface area contributed by atoms with Crippen LogP contribution in [0.5, 0.6) is 11.5 Å². The van der Waals surface area contributed by atoms with E-state index in [1.807, 2.05) is 33.8 Å². The predicted octanol–water partition coefficient (Wildman–Crippen LogP) is 6.13. The molecule has 1 aliphatic heterocycles. The van der Waals surface area contributed by atoms with Gasteiger partial charge in [-0.25, -0.2) is 9.37 Å². The normalized spacial score (nSPS) is 15.1. The molecule has 1 saturated heterocycles. The van der Waals surface area contributed by atoms with Crippen LogP contribution in [0.3, 0.4) is 0 Å². The first-order valence-electron chi connectivity index (χ1n) is 12.0. The molecule has 2 aromatic carbocycles. The summed E-state index contributed by atoms with van der Waals surface area (Å²) in [6.45, 7) is 10.9. The molecule has 0 aliphatic carbocycles. The number of nitrogens with zero attached hydrogens (tertiary/aromatic N) is 2. The molecule has 3 aromatic rings. The molecule has 0 radical (unpaired) electrons. The average molecular weight is 468 g/mol. The molecule has 7 heteroatoms. The summed E-state index contributed by atoms with van der Waals surface area (Å²) in [6, 6.07) is 13.2. The highest BCUT2D eigenvalue weighted by Gasteiger charge is 2.21. The van der Waals surface area contributed by atoms with E-state index in [2.05, 4.69) is 27.3 Å². The van der Waals surface area contributed by atoms with E-state index in [1.54, 1.807) is 18.3 Å². The Kier molecular flexibility index (Phi) is 7.73. The summed E-state index contributed by atoms with van der Waals surface area (Å²) in [5, 5.41) is 3.41. The van der Waals surface area contributed by atoms with Gasteiger partial charge in [-0.15, -0.1) is 0 Å². The van der Waals surface area contributed by atoms with Gasteiger partial charge in [0.15, 0.2) is 5.76 Å². The Morgan fingerprint density at radius 2 is 1.62 bits per heavy atom. The monoisotopic (exact) mass is 467 g/mol. The third-order valence-corrected chi connectivity index (χ3v) is 5.64. The average Bonchev–Trinajstić information content (AvgIpc) is 3.23. The Hall–Kier alpha value is -3.06. The van der Waals surface area contributed by atoms with Crippen LogP contribution in [0.15, 0.2) is 53.1 Å². The first-order valence-corrected chi connectivity index (χ1v) is 12.0. The highest BCUT2D eigenvalue weighted by molar-refractivity contribution is 5.57. The van der Waals surface area contributed by atoms with Crippen LogP contribution in [0.1, 0.15) is 46.1 Å². The Balaban J connectivity index is 1.32. The molecule has 182 valence electrons. The van der Waals surface area contributed by atoms with Crippen molar-refractivity contribution < 1.29 is 18.3 Å². The molecule has 0 amide bonds. The fraction of sp³-hybridized carbons (Fsp3) is 0.444. The van der Waals surface area contributed by atoms with E-state index in [-0.39, 0.29) is 18.0 Å². The van der Waals surface area contributed by atoms with Gasteiger partial charge in [-0.1, -0.05) is 0 Å². The number of ether oxygens (including phenoxy) is 2. The number of hydrogen-bond donors (Lipinski definition) is 1. The molecule has 1 N–H and O–H groups in total. The third-order valence-electron chi connectivity index (χ3n) is 5.64. The summed E-state index contributed by atoms with van der Waals surface area (Å²) in [5.74, 6) is 2.06. The summed E-state index contributed by atoms with van der Waals surface area (Å²) in [4.78, 5) is 6.80. The lowest BCUT2D eigenvalue weighted by atomic mass is 10.0. The lowest BCUT2D eigenvalue weighted by Crippen LogP contribution is -2.38. The number of aromatic nitrogens is 1. The van der Waals surface area contributed by atoms with E-state index in [4.69, 9.17) is 13.9 Å². The van der Waals surface area contributed by atoms with Gasteiger partial charge in [0, 0.05) is 37.3 Å². The van der Waals surface area contributed by atoms with Gasteiger partial charge in [0.1, 0.15) is 17.3 Å². The second-order valence-electron chi connectivity index (χ2n) is 9.38. The van der Waals surface area contributed by atoms with Crippen molar-refractivity contribution in [3.05, 3.63) is 60.0 Å². The molecular formula is C27H34FN3O3. The lowest BCUT2D eigenvalue weighted by Gasteiger charge is -2.32. The zero-order chi connectivity index (χ0) is 24.1. The highest BCUT2D eigenvalue weighted by Crippen LogP contribution is 2.28. The maximum Gasteiger partial charge on any atom is 0.295 e. The van der Waals surface area contributed by atoms with E-state index in [1.165, 1.54) is 17.7 Å². The highest BCUT2D eigenvalue weighted by atomic mass is 19.1. The largest absolute Gasteiger partial charge is 0.491 e. The van der Waals surface area contributed by atoms with Crippen LogP contribution in [-0.4, -0.2) is 41.2 Å². The molecular weight excluding hydrogens is 433 g/mol. The number of oxazole rings is 1. The van der Waals surface area contributed by atoms with Gasteiger partial charge in [-0.05, 0) is 82.5 Å². The fourth-order valence-electron chi connectivity index (χ4n) is 4.16. The SMILES string of the molecule is CC(C)Oc1cc(CN2CCC(Nc3ncc(-c4ccc(F)cc4)o3)CC2)cc(OC(C)C)c1. The summed E-state index contributed by atoms with van der Waals surface area (Å²) >= 11 is 0. The van der Waals surface area contributed by atoms with E-state index in [0.29, 0.717) is 17.8 Å². The molecule has 4 rings (SSSR count). The molecule has 0 saturated carbocycles. The number of hydrogen-bond acceptors (Lipinski definition) is 6. The van der Waals surface area contributed by atoms with Gasteiger partial charge < -0.3 is 19.2 Å². The van der Waals surface area contributed by atoms with Crippen molar-refractivity contribution in [3.8, 4) is 22.8 Å². The minimum absolute atomic E-state index is 0.114. The van der Waals surface area contributed by atoms with Crippen molar-refractivity contribution in [1.82, 2.24) is 9.88 Å². The van der Waals surface area contributed by atoms with E-state index in [0.717, 1.165) is 49.5 Å². The summed E-state index contributed by atoms with van der Waals surface area (Å²) in [5.41, 5.74) is 2.00. The van der Waals surface area contributed by atoms with Crippen LogP contribution in [0.2, 0.25) is 0 Å². The van der Waals surface area contributed by atoms with Crippen molar-refractivity contribution in [2.24, 2.45) is 0 Å². The Bertz CT molecular complexity index is 1030. The van der Waals surface area contributed by atoms with Crippen LogP contribution in [0.4, 0.5) is 10.4 Å². The van der Waals surface area contributed by atoms with Crippen LogP contribution >= 0.6 is 0 Å². The van der Waals surface area contributed by atoms with Crippen LogP contribution < -0.4 is 14.8 Å². The van der Waals surface area contributed by atoms with Crippen molar-refractivity contribution in [3.63, 3.8) is 0 Å². The molecule has 0 bridgehead atoms. The van der Waals surface area contributed by atoms with Crippen molar-refractivity contribution in [2.45, 2.75) is 65.3 Å². The minimum Gasteiger partial charge on any atom is -0.491 e. The molecule has 1 fully saturated rings. The molecule has 0 atom stereocenters. The van der Waals surface area contributed by atoms with E-state index in [9.17, 15) is 4.39 Å². The van der Waals surface area contributed by atoms with Gasteiger partial charge in [-0.3, -0.25) is 4.90 Å². The first kappa shape index (κ1) is 24.1. The smallest absolute Gasteiger partial charge is 0.295 e. The molecule has 34 heavy (non-hydrogen) atoms. The number of rotatable bonds is 9. The lowest BCUT2D eigenvalue weighted by molar-refractivity contribution is 0.206. The van der Waals surface area contributed by atoms with E-state index < -0.39 is 0 Å². The Labute approximate surface area is 201 Å². The van der Waals surface area contributed by atoms with Gasteiger partial charge >= 0.3 is 0 Å². The predicted molar refractivity (Wildman–Crippen MR) is 132 cm³/mol. The summed E-state index contributed by atoms with van der Waals surface area (Å²) in [6.07, 6.45) is 3.89. The third kappa shape index (κ3) is 6.73. The Morgan fingerprint density at radius 3 is 2.21 bits per heavy atom. The molecule has 1 aliphatic rings. The topological polar surface area (TPSA) is 59.8 Å². The number of halogens is 1. The quantitative estimate of drug-likeness (QED) is 0.408.